The van der Waals surface area contributed by atoms with Crippen LogP contribution < -0.4 is 8.92 Å². The van der Waals surface area contributed by atoms with Crippen molar-refractivity contribution in [3.05, 3.63) is 21.1 Å². The van der Waals surface area contributed by atoms with Crippen LogP contribution in [0.3, 0.4) is 0 Å². The molecule has 2 aromatic rings. The average Bonchev–Trinajstić information content (AvgIpc) is 2.36. The minimum Gasteiger partial charge on any atom is -0.462 e. The van der Waals surface area contributed by atoms with Crippen LogP contribution in [0.15, 0.2) is 0 Å². The van der Waals surface area contributed by atoms with E-state index in [0.29, 0.717) is 5.75 Å². The molecule has 0 amide bonds. The van der Waals surface area contributed by atoms with Gasteiger partial charge in [-0.3, -0.25) is 0 Å². The Morgan fingerprint density at radius 3 is 1.71 bits per heavy atom. The summed E-state index contributed by atoms with van der Waals surface area (Å²) < 4.78 is 10.4. The number of halogens is 4. The van der Waals surface area contributed by atoms with Gasteiger partial charge >= 0.3 is 12.0 Å². The van der Waals surface area contributed by atoms with Crippen molar-refractivity contribution in [3.63, 3.8) is 0 Å². The highest BCUT2D eigenvalue weighted by atomic mass is 35.5. The zero-order chi connectivity index (χ0) is 15.2. The van der Waals surface area contributed by atoms with Crippen molar-refractivity contribution in [1.82, 2.24) is 29.9 Å². The Bertz CT molecular complexity index is 542. The standard InChI is InChI=1S/C8H4Cl4N6O2S/c9-3-13-4(10)16-7(15-3)19-1-2-21-20-8-17-5(11)14-6(12)18-8/h1-2H2. The first-order valence-electron chi connectivity index (χ1n) is 5.09. The Morgan fingerprint density at radius 1 is 0.714 bits per heavy atom. The van der Waals surface area contributed by atoms with Crippen molar-refractivity contribution in [2.45, 2.75) is 0 Å². The van der Waals surface area contributed by atoms with E-state index in [0.717, 1.165) is 12.0 Å². The Balaban J connectivity index is 1.74. The third-order valence-electron chi connectivity index (χ3n) is 1.65. The molecule has 0 aromatic carbocycles. The predicted octanol–water partition coefficient (Wildman–Crippen LogP) is 2.78. The van der Waals surface area contributed by atoms with Crippen molar-refractivity contribution in [3.8, 4) is 12.0 Å². The van der Waals surface area contributed by atoms with Gasteiger partial charge in [-0.05, 0) is 46.4 Å². The summed E-state index contributed by atoms with van der Waals surface area (Å²) in [6.07, 6.45) is 0. The van der Waals surface area contributed by atoms with Crippen LogP contribution in [0.1, 0.15) is 0 Å². The summed E-state index contributed by atoms with van der Waals surface area (Å²) in [6, 6.07) is 0.0168. The van der Waals surface area contributed by atoms with Crippen LogP contribution in [0.2, 0.25) is 21.1 Å². The fourth-order valence-corrected chi connectivity index (χ4v) is 2.09. The lowest BCUT2D eigenvalue weighted by atomic mass is 10.8. The summed E-state index contributed by atoms with van der Waals surface area (Å²) in [5.41, 5.74) is 0. The number of nitrogens with zero attached hydrogens (tertiary/aromatic N) is 6. The Kier molecular flexibility index (Phi) is 6.24. The highest BCUT2D eigenvalue weighted by molar-refractivity contribution is 7.95. The van der Waals surface area contributed by atoms with Gasteiger partial charge < -0.3 is 8.92 Å². The summed E-state index contributed by atoms with van der Waals surface area (Å²) in [6.45, 7) is 0.230. The Morgan fingerprint density at radius 2 is 1.19 bits per heavy atom. The van der Waals surface area contributed by atoms with Crippen molar-refractivity contribution in [2.75, 3.05) is 12.4 Å². The summed E-state index contributed by atoms with van der Waals surface area (Å²) in [4.78, 5) is 22.1. The molecule has 0 radical (unpaired) electrons. The number of rotatable bonds is 6. The molecule has 0 fully saturated rings. The maximum absolute atomic E-state index is 5.60. The van der Waals surface area contributed by atoms with Crippen LogP contribution in [0.5, 0.6) is 12.0 Å². The molecule has 0 bridgehead atoms. The molecule has 0 spiro atoms. The van der Waals surface area contributed by atoms with Gasteiger partial charge in [0, 0.05) is 0 Å². The van der Waals surface area contributed by atoms with Gasteiger partial charge in [0.1, 0.15) is 6.61 Å². The van der Waals surface area contributed by atoms with Crippen LogP contribution >= 0.6 is 58.4 Å². The number of ether oxygens (including phenoxy) is 1. The van der Waals surface area contributed by atoms with E-state index in [1.165, 1.54) is 0 Å². The highest BCUT2D eigenvalue weighted by Gasteiger charge is 2.06. The highest BCUT2D eigenvalue weighted by Crippen LogP contribution is 2.16. The second-order valence-electron chi connectivity index (χ2n) is 3.07. The average molecular weight is 390 g/mol. The quantitative estimate of drug-likeness (QED) is 0.545. The molecule has 0 saturated carbocycles. The Labute approximate surface area is 142 Å². The molecular weight excluding hydrogens is 386 g/mol. The number of hydrogen-bond acceptors (Lipinski definition) is 9. The van der Waals surface area contributed by atoms with Crippen molar-refractivity contribution >= 4 is 58.4 Å². The van der Waals surface area contributed by atoms with Gasteiger partial charge in [-0.25, -0.2) is 0 Å². The number of aromatic nitrogens is 6. The van der Waals surface area contributed by atoms with E-state index in [4.69, 9.17) is 55.3 Å². The molecule has 0 aliphatic heterocycles. The molecule has 0 saturated heterocycles. The van der Waals surface area contributed by atoms with Gasteiger partial charge in [0.2, 0.25) is 21.1 Å². The first kappa shape index (κ1) is 16.5. The molecule has 0 aliphatic rings. The molecule has 21 heavy (non-hydrogen) atoms. The SMILES string of the molecule is Clc1nc(Cl)nc(OCCSOc2nc(Cl)nc(Cl)n2)n1. The van der Waals surface area contributed by atoms with E-state index < -0.39 is 0 Å². The fraction of sp³-hybridized carbons (Fsp3) is 0.250. The van der Waals surface area contributed by atoms with Crippen LogP contribution in [-0.4, -0.2) is 42.3 Å². The van der Waals surface area contributed by atoms with Gasteiger partial charge in [0.15, 0.2) is 0 Å². The smallest absolute Gasteiger partial charge is 0.334 e. The third kappa shape index (κ3) is 5.79. The molecule has 8 nitrogen and oxygen atoms in total. The number of hydrogen-bond donors (Lipinski definition) is 0. The second kappa shape index (κ2) is 7.95. The predicted molar refractivity (Wildman–Crippen MR) is 78.3 cm³/mol. The van der Waals surface area contributed by atoms with Crippen molar-refractivity contribution < 1.29 is 8.92 Å². The van der Waals surface area contributed by atoms with Gasteiger partial charge in [-0.1, -0.05) is 0 Å². The van der Waals surface area contributed by atoms with E-state index >= 15 is 0 Å². The molecule has 2 aromatic heterocycles. The van der Waals surface area contributed by atoms with Gasteiger partial charge in [-0.15, -0.1) is 0 Å². The molecule has 0 unspecified atom stereocenters. The molecule has 112 valence electrons. The lowest BCUT2D eigenvalue weighted by Gasteiger charge is -2.04. The van der Waals surface area contributed by atoms with E-state index in [2.05, 4.69) is 29.9 Å². The fourth-order valence-electron chi connectivity index (χ4n) is 0.981. The summed E-state index contributed by atoms with van der Waals surface area (Å²) >= 11 is 23.4. The van der Waals surface area contributed by atoms with E-state index in [-0.39, 0.29) is 39.8 Å². The first-order valence-corrected chi connectivity index (χ1v) is 7.51. The minimum atomic E-state index is -0.0590. The molecule has 0 aliphatic carbocycles. The van der Waals surface area contributed by atoms with E-state index in [1.54, 1.807) is 0 Å². The zero-order valence-electron chi connectivity index (χ0n) is 9.83. The molecule has 0 atom stereocenters. The molecule has 2 rings (SSSR count). The maximum Gasteiger partial charge on any atom is 0.334 e. The van der Waals surface area contributed by atoms with Crippen LogP contribution in [0, 0.1) is 0 Å². The lowest BCUT2D eigenvalue weighted by molar-refractivity contribution is 0.313. The van der Waals surface area contributed by atoms with Gasteiger partial charge in [0.25, 0.3) is 0 Å². The van der Waals surface area contributed by atoms with Crippen molar-refractivity contribution in [2.24, 2.45) is 0 Å². The van der Waals surface area contributed by atoms with Crippen LogP contribution in [-0.2, 0) is 0 Å². The normalized spacial score (nSPS) is 10.5. The maximum atomic E-state index is 5.60. The van der Waals surface area contributed by atoms with Crippen LogP contribution in [0.25, 0.3) is 0 Å². The molecule has 2 heterocycles. The van der Waals surface area contributed by atoms with Crippen molar-refractivity contribution in [1.29, 1.82) is 0 Å². The lowest BCUT2D eigenvalue weighted by Crippen LogP contribution is -2.06. The zero-order valence-corrected chi connectivity index (χ0v) is 13.7. The largest absolute Gasteiger partial charge is 0.462 e. The minimum absolute atomic E-state index is 0.00347. The summed E-state index contributed by atoms with van der Waals surface area (Å²) in [5.74, 6) is 0.418. The topological polar surface area (TPSA) is 95.8 Å². The van der Waals surface area contributed by atoms with Gasteiger partial charge in [0.05, 0.1) is 17.8 Å². The first-order chi connectivity index (χ1) is 10.0. The van der Waals surface area contributed by atoms with Crippen LogP contribution in [0.4, 0.5) is 0 Å². The third-order valence-corrected chi connectivity index (χ3v) is 2.93. The second-order valence-corrected chi connectivity index (χ2v) is 5.23. The molecule has 0 N–H and O–H groups in total. The van der Waals surface area contributed by atoms with Gasteiger partial charge in [-0.2, -0.15) is 29.9 Å². The van der Waals surface area contributed by atoms with E-state index in [1.807, 2.05) is 0 Å². The summed E-state index contributed by atoms with van der Waals surface area (Å²) in [5, 5.41) is -0.223. The molecule has 13 heteroatoms. The monoisotopic (exact) mass is 388 g/mol. The summed E-state index contributed by atoms with van der Waals surface area (Å²) in [7, 11) is 0. The van der Waals surface area contributed by atoms with E-state index in [9.17, 15) is 0 Å². The molecular formula is C8H4Cl4N6O2S. The Hall–Kier alpha value is -0.870.